The van der Waals surface area contributed by atoms with Gasteiger partial charge in [-0.1, -0.05) is 6.08 Å². The molecule has 1 radical (unpaired) electrons. The standard InChI is InChI=1S/C6H4N3/c1-2-5-6(7-3-1)9-4-8-5/h1-2H,3H2. The Morgan fingerprint density at radius 2 is 2.56 bits per heavy atom. The van der Waals surface area contributed by atoms with Gasteiger partial charge in [-0.05, 0) is 6.08 Å². The average Bonchev–Trinajstić information content (AvgIpc) is 2.33. The number of amidine groups is 1. The molecule has 0 spiro atoms. The Labute approximate surface area is 52.5 Å². The highest BCUT2D eigenvalue weighted by atomic mass is 15.0. The van der Waals surface area contributed by atoms with Crippen molar-refractivity contribution in [2.75, 3.05) is 6.54 Å². The van der Waals surface area contributed by atoms with E-state index in [2.05, 4.69) is 21.3 Å². The van der Waals surface area contributed by atoms with Crippen molar-refractivity contribution >= 4 is 17.9 Å². The number of hydrogen-bond donors (Lipinski definition) is 0. The van der Waals surface area contributed by atoms with Crippen LogP contribution in [0.25, 0.3) is 0 Å². The minimum absolute atomic E-state index is 0.720. The number of nitrogens with zero attached hydrogens (tertiary/aromatic N) is 3. The highest BCUT2D eigenvalue weighted by Gasteiger charge is 2.10. The predicted octanol–water partition coefficient (Wildman–Crippen LogP) is 0.315. The van der Waals surface area contributed by atoms with Gasteiger partial charge in [-0.3, -0.25) is 4.99 Å². The van der Waals surface area contributed by atoms with Gasteiger partial charge in [0.15, 0.2) is 5.84 Å². The smallest absolute Gasteiger partial charge is 0.200 e. The molecule has 0 bridgehead atoms. The molecule has 0 unspecified atom stereocenters. The molecule has 0 atom stereocenters. The van der Waals surface area contributed by atoms with E-state index in [0.29, 0.717) is 0 Å². The molecule has 2 aliphatic rings. The molecule has 2 rings (SSSR count). The molecule has 3 nitrogen and oxygen atoms in total. The Morgan fingerprint density at radius 1 is 1.56 bits per heavy atom. The first-order chi connectivity index (χ1) is 4.47. The van der Waals surface area contributed by atoms with Crippen LogP contribution in [0.3, 0.4) is 0 Å². The first-order valence-electron chi connectivity index (χ1n) is 2.71. The fraction of sp³-hybridized carbons (Fsp3) is 0.167. The predicted molar refractivity (Wildman–Crippen MR) is 36.3 cm³/mol. The highest BCUT2D eigenvalue weighted by Crippen LogP contribution is 2.00. The van der Waals surface area contributed by atoms with E-state index < -0.39 is 0 Å². The summed E-state index contributed by atoms with van der Waals surface area (Å²) in [6.07, 6.45) is 6.35. The lowest BCUT2D eigenvalue weighted by molar-refractivity contribution is 1.23. The van der Waals surface area contributed by atoms with Crippen LogP contribution in [0.5, 0.6) is 0 Å². The quantitative estimate of drug-likeness (QED) is 0.439. The molecule has 0 saturated carbocycles. The Kier molecular flexibility index (Phi) is 0.828. The summed E-state index contributed by atoms with van der Waals surface area (Å²) in [4.78, 5) is 11.7. The second-order valence-corrected chi connectivity index (χ2v) is 1.78. The zero-order chi connectivity index (χ0) is 6.10. The first kappa shape index (κ1) is 4.61. The third-order valence-electron chi connectivity index (χ3n) is 1.18. The van der Waals surface area contributed by atoms with Crippen LogP contribution in [0.2, 0.25) is 0 Å². The number of dihydropyridines is 1. The van der Waals surface area contributed by atoms with Crippen LogP contribution >= 0.6 is 0 Å². The van der Waals surface area contributed by atoms with E-state index in [1.165, 1.54) is 0 Å². The van der Waals surface area contributed by atoms with Crippen LogP contribution in [-0.4, -0.2) is 24.4 Å². The van der Waals surface area contributed by atoms with Gasteiger partial charge in [-0.15, -0.1) is 0 Å². The molecule has 0 aromatic carbocycles. The van der Waals surface area contributed by atoms with Gasteiger partial charge < -0.3 is 0 Å². The maximum absolute atomic E-state index is 4.06. The van der Waals surface area contributed by atoms with Gasteiger partial charge in [0.2, 0.25) is 6.34 Å². The summed E-state index contributed by atoms with van der Waals surface area (Å²) in [6, 6.07) is 0. The second kappa shape index (κ2) is 1.62. The lowest BCUT2D eigenvalue weighted by Crippen LogP contribution is -2.08. The van der Waals surface area contributed by atoms with Crippen LogP contribution in [0.15, 0.2) is 27.1 Å². The van der Waals surface area contributed by atoms with Crippen molar-refractivity contribution in [3.05, 3.63) is 12.2 Å². The van der Waals surface area contributed by atoms with E-state index in [1.807, 2.05) is 12.2 Å². The average molecular weight is 118 g/mol. The van der Waals surface area contributed by atoms with Crippen molar-refractivity contribution in [2.24, 2.45) is 15.0 Å². The molecular weight excluding hydrogens is 114 g/mol. The van der Waals surface area contributed by atoms with Gasteiger partial charge >= 0.3 is 0 Å². The van der Waals surface area contributed by atoms with Gasteiger partial charge in [-0.2, -0.15) is 0 Å². The van der Waals surface area contributed by atoms with E-state index in [4.69, 9.17) is 0 Å². The van der Waals surface area contributed by atoms with E-state index in [9.17, 15) is 0 Å². The fourth-order valence-electron chi connectivity index (χ4n) is 0.765. The molecule has 0 saturated heterocycles. The van der Waals surface area contributed by atoms with Gasteiger partial charge in [-0.25, -0.2) is 9.98 Å². The normalized spacial score (nSPS) is 21.3. The molecule has 43 valence electrons. The SMILES string of the molecule is [C]1=NC2=NCC=CC2=N1. The molecule has 0 aromatic rings. The summed E-state index contributed by atoms with van der Waals surface area (Å²) in [5.74, 6) is 0.720. The molecule has 0 fully saturated rings. The van der Waals surface area contributed by atoms with E-state index >= 15 is 0 Å². The molecule has 0 amide bonds. The Bertz CT molecular complexity index is 245. The highest BCUT2D eigenvalue weighted by molar-refractivity contribution is 6.50. The monoisotopic (exact) mass is 118 g/mol. The van der Waals surface area contributed by atoms with Gasteiger partial charge in [0.05, 0.1) is 6.54 Å². The third kappa shape index (κ3) is 0.614. The molecule has 0 aliphatic carbocycles. The Morgan fingerprint density at radius 3 is 3.44 bits per heavy atom. The first-order valence-corrected chi connectivity index (χ1v) is 2.71. The van der Waals surface area contributed by atoms with E-state index in [0.717, 1.165) is 18.1 Å². The molecule has 2 aliphatic heterocycles. The van der Waals surface area contributed by atoms with E-state index in [-0.39, 0.29) is 0 Å². The zero-order valence-corrected chi connectivity index (χ0v) is 4.70. The van der Waals surface area contributed by atoms with Crippen LogP contribution in [0.1, 0.15) is 0 Å². The Hall–Kier alpha value is -1.25. The summed E-state index contributed by atoms with van der Waals surface area (Å²) >= 11 is 0. The van der Waals surface area contributed by atoms with Gasteiger partial charge in [0, 0.05) is 0 Å². The van der Waals surface area contributed by atoms with Crippen LogP contribution in [-0.2, 0) is 0 Å². The van der Waals surface area contributed by atoms with E-state index in [1.54, 1.807) is 0 Å². The molecular formula is C6H4N3. The molecule has 2 heterocycles. The lowest BCUT2D eigenvalue weighted by Gasteiger charge is -1.97. The number of fused-ring (bicyclic) bond motifs is 1. The van der Waals surface area contributed by atoms with Gasteiger partial charge in [0.25, 0.3) is 0 Å². The number of aliphatic imine (C=N–C) groups is 3. The maximum atomic E-state index is 4.06. The fourth-order valence-corrected chi connectivity index (χ4v) is 0.765. The molecule has 0 aromatic heterocycles. The van der Waals surface area contributed by atoms with Crippen molar-refractivity contribution < 1.29 is 0 Å². The maximum Gasteiger partial charge on any atom is 0.200 e. The number of rotatable bonds is 0. The molecule has 3 heteroatoms. The minimum atomic E-state index is 0.720. The van der Waals surface area contributed by atoms with Crippen molar-refractivity contribution in [1.29, 1.82) is 0 Å². The second-order valence-electron chi connectivity index (χ2n) is 1.78. The van der Waals surface area contributed by atoms with Crippen molar-refractivity contribution in [3.63, 3.8) is 0 Å². The Balaban J connectivity index is 2.46. The third-order valence-corrected chi connectivity index (χ3v) is 1.18. The molecule has 0 N–H and O–H groups in total. The summed E-state index contributed by atoms with van der Waals surface area (Å²) < 4.78 is 0. The van der Waals surface area contributed by atoms with Crippen molar-refractivity contribution in [2.45, 2.75) is 0 Å². The summed E-state index contributed by atoms with van der Waals surface area (Å²) in [5, 5.41) is 0. The van der Waals surface area contributed by atoms with Crippen LogP contribution < -0.4 is 0 Å². The van der Waals surface area contributed by atoms with Crippen LogP contribution in [0, 0.1) is 0 Å². The molecule has 9 heavy (non-hydrogen) atoms. The zero-order valence-electron chi connectivity index (χ0n) is 4.70. The minimum Gasteiger partial charge on any atom is -0.261 e. The van der Waals surface area contributed by atoms with Crippen LogP contribution in [0.4, 0.5) is 0 Å². The number of hydrogen-bond acceptors (Lipinski definition) is 3. The largest absolute Gasteiger partial charge is 0.261 e. The van der Waals surface area contributed by atoms with Crippen molar-refractivity contribution in [3.8, 4) is 0 Å². The van der Waals surface area contributed by atoms with Gasteiger partial charge in [0.1, 0.15) is 5.71 Å². The lowest BCUT2D eigenvalue weighted by atomic mass is 10.3. The topological polar surface area (TPSA) is 37.1 Å². The summed E-state index contributed by atoms with van der Waals surface area (Å²) in [6.45, 7) is 0.722. The summed E-state index contributed by atoms with van der Waals surface area (Å²) in [5.41, 5.74) is 0.834. The summed E-state index contributed by atoms with van der Waals surface area (Å²) in [7, 11) is 0. The van der Waals surface area contributed by atoms with Crippen molar-refractivity contribution in [1.82, 2.24) is 0 Å².